The summed E-state index contributed by atoms with van der Waals surface area (Å²) in [5, 5.41) is 14.0. The van der Waals surface area contributed by atoms with Gasteiger partial charge in [-0.15, -0.1) is 4.91 Å². The highest BCUT2D eigenvalue weighted by Gasteiger charge is 2.27. The van der Waals surface area contributed by atoms with Crippen molar-refractivity contribution in [3.8, 4) is 0 Å². The van der Waals surface area contributed by atoms with E-state index in [2.05, 4.69) is 15.5 Å². The summed E-state index contributed by atoms with van der Waals surface area (Å²) in [5.74, 6) is -2.25. The van der Waals surface area contributed by atoms with Crippen LogP contribution in [-0.4, -0.2) is 41.6 Å². The largest absolute Gasteiger partial charge is 0.480 e. The van der Waals surface area contributed by atoms with Crippen LogP contribution in [0.15, 0.2) is 10.2 Å². The van der Waals surface area contributed by atoms with Gasteiger partial charge in [-0.25, -0.2) is 4.79 Å². The standard InChI is InChI=1S/C11H21N5O4/c1-6(2)8(16-20)9(17)15-7(10(18)19)4-3-5-14-11(12)13/h6-8H,3-5H2,1-2H3,(H,15,17)(H,18,19)(H4,12,13,14)/t7-,8-/m0/s1. The summed E-state index contributed by atoms with van der Waals surface area (Å²) in [4.78, 5) is 37.1. The van der Waals surface area contributed by atoms with E-state index in [9.17, 15) is 14.5 Å². The Bertz CT molecular complexity index is 379. The molecule has 0 saturated heterocycles. The van der Waals surface area contributed by atoms with E-state index >= 15 is 0 Å². The smallest absolute Gasteiger partial charge is 0.326 e. The molecular weight excluding hydrogens is 266 g/mol. The normalized spacial score (nSPS) is 13.3. The molecule has 1 amide bonds. The average Bonchev–Trinajstić information content (AvgIpc) is 2.32. The summed E-state index contributed by atoms with van der Waals surface area (Å²) in [5.41, 5.74) is 10.3. The van der Waals surface area contributed by atoms with E-state index in [1.807, 2.05) is 0 Å². The molecule has 20 heavy (non-hydrogen) atoms. The van der Waals surface area contributed by atoms with Crippen LogP contribution in [0.4, 0.5) is 0 Å². The number of hydrogen-bond donors (Lipinski definition) is 4. The summed E-state index contributed by atoms with van der Waals surface area (Å²) >= 11 is 0. The number of carbonyl (C=O) groups excluding carboxylic acids is 1. The summed E-state index contributed by atoms with van der Waals surface area (Å²) in [6.07, 6.45) is 0.539. The SMILES string of the molecule is CC(C)[C@H](N=O)C(=O)N[C@@H](CCCN=C(N)N)C(=O)O. The van der Waals surface area contributed by atoms with E-state index in [0.717, 1.165) is 0 Å². The molecule has 6 N–H and O–H groups in total. The van der Waals surface area contributed by atoms with Crippen molar-refractivity contribution in [2.45, 2.75) is 38.8 Å². The van der Waals surface area contributed by atoms with Crippen molar-refractivity contribution >= 4 is 17.8 Å². The van der Waals surface area contributed by atoms with E-state index in [1.165, 1.54) is 0 Å². The van der Waals surface area contributed by atoms with Gasteiger partial charge in [0.1, 0.15) is 6.04 Å². The van der Waals surface area contributed by atoms with E-state index < -0.39 is 24.0 Å². The fourth-order valence-electron chi connectivity index (χ4n) is 1.49. The zero-order valence-electron chi connectivity index (χ0n) is 11.6. The van der Waals surface area contributed by atoms with Gasteiger partial charge in [0, 0.05) is 6.54 Å². The maximum absolute atomic E-state index is 11.7. The number of amides is 1. The van der Waals surface area contributed by atoms with Crippen LogP contribution < -0.4 is 16.8 Å². The first-order valence-corrected chi connectivity index (χ1v) is 6.20. The number of aliphatic carboxylic acids is 1. The third-order valence-electron chi connectivity index (χ3n) is 2.57. The number of carbonyl (C=O) groups is 2. The third kappa shape index (κ3) is 6.66. The molecule has 0 aromatic rings. The zero-order valence-corrected chi connectivity index (χ0v) is 11.6. The van der Waals surface area contributed by atoms with Crippen LogP contribution in [0.5, 0.6) is 0 Å². The zero-order chi connectivity index (χ0) is 15.7. The van der Waals surface area contributed by atoms with Crippen molar-refractivity contribution in [1.82, 2.24) is 5.32 Å². The van der Waals surface area contributed by atoms with Crippen molar-refractivity contribution in [1.29, 1.82) is 0 Å². The number of nitrogens with two attached hydrogens (primary N) is 2. The second-order valence-electron chi connectivity index (χ2n) is 4.64. The first-order chi connectivity index (χ1) is 9.29. The number of nitrogens with one attached hydrogen (secondary N) is 1. The van der Waals surface area contributed by atoms with Crippen molar-refractivity contribution in [3.63, 3.8) is 0 Å². The van der Waals surface area contributed by atoms with Crippen LogP contribution in [-0.2, 0) is 9.59 Å². The van der Waals surface area contributed by atoms with Crippen molar-refractivity contribution in [3.05, 3.63) is 4.91 Å². The highest BCUT2D eigenvalue weighted by Crippen LogP contribution is 2.07. The summed E-state index contributed by atoms with van der Waals surface area (Å²) in [7, 11) is 0. The molecule has 9 heteroatoms. The highest BCUT2D eigenvalue weighted by atomic mass is 16.4. The van der Waals surface area contributed by atoms with E-state index in [1.54, 1.807) is 13.8 Å². The van der Waals surface area contributed by atoms with Crippen LogP contribution >= 0.6 is 0 Å². The van der Waals surface area contributed by atoms with Crippen LogP contribution in [0.3, 0.4) is 0 Å². The second-order valence-corrected chi connectivity index (χ2v) is 4.64. The van der Waals surface area contributed by atoms with Gasteiger partial charge in [0.25, 0.3) is 0 Å². The lowest BCUT2D eigenvalue weighted by molar-refractivity contribution is -0.142. The Balaban J connectivity index is 4.47. The van der Waals surface area contributed by atoms with Gasteiger partial charge in [0.15, 0.2) is 12.0 Å². The first-order valence-electron chi connectivity index (χ1n) is 6.20. The van der Waals surface area contributed by atoms with Gasteiger partial charge in [0.05, 0.1) is 0 Å². The number of carboxylic acids is 1. The minimum atomic E-state index is -1.18. The van der Waals surface area contributed by atoms with Gasteiger partial charge in [-0.3, -0.25) is 9.79 Å². The molecular formula is C11H21N5O4. The molecule has 114 valence electrons. The second kappa shape index (κ2) is 8.83. The maximum Gasteiger partial charge on any atom is 0.326 e. The molecule has 0 aromatic carbocycles. The van der Waals surface area contributed by atoms with E-state index in [-0.39, 0.29) is 24.8 Å². The molecule has 0 aliphatic carbocycles. The minimum Gasteiger partial charge on any atom is -0.480 e. The molecule has 0 unspecified atom stereocenters. The maximum atomic E-state index is 11.7. The Morgan fingerprint density at radius 3 is 2.30 bits per heavy atom. The number of nitroso groups, excluding NO2 is 1. The Kier molecular flexibility index (Phi) is 7.87. The molecule has 0 heterocycles. The summed E-state index contributed by atoms with van der Waals surface area (Å²) < 4.78 is 0. The van der Waals surface area contributed by atoms with Gasteiger partial charge in [0.2, 0.25) is 5.91 Å². The molecule has 0 spiro atoms. The fourth-order valence-corrected chi connectivity index (χ4v) is 1.49. The predicted molar refractivity (Wildman–Crippen MR) is 73.9 cm³/mol. The molecule has 0 rings (SSSR count). The number of guanidine groups is 1. The molecule has 0 aliphatic heterocycles. The molecule has 2 atom stereocenters. The van der Waals surface area contributed by atoms with Crippen molar-refractivity contribution < 1.29 is 14.7 Å². The molecule has 0 fully saturated rings. The predicted octanol–water partition coefficient (Wildman–Crippen LogP) is -0.600. The van der Waals surface area contributed by atoms with Gasteiger partial charge in [-0.2, -0.15) is 0 Å². The summed E-state index contributed by atoms with van der Waals surface area (Å²) in [6, 6.07) is -2.20. The van der Waals surface area contributed by atoms with Crippen LogP contribution in [0.25, 0.3) is 0 Å². The van der Waals surface area contributed by atoms with Gasteiger partial charge < -0.3 is 21.9 Å². The Morgan fingerprint density at radius 1 is 1.30 bits per heavy atom. The molecule has 0 saturated carbocycles. The Hall–Kier alpha value is -2.19. The molecule has 9 nitrogen and oxygen atoms in total. The fraction of sp³-hybridized carbons (Fsp3) is 0.727. The monoisotopic (exact) mass is 287 g/mol. The molecule has 0 radical (unpaired) electrons. The lowest BCUT2D eigenvalue weighted by Gasteiger charge is -2.18. The average molecular weight is 287 g/mol. The minimum absolute atomic E-state index is 0.0778. The first kappa shape index (κ1) is 17.8. The molecule has 0 aliphatic rings. The Morgan fingerprint density at radius 2 is 1.90 bits per heavy atom. The lowest BCUT2D eigenvalue weighted by Crippen LogP contribution is -2.46. The Labute approximate surface area is 116 Å². The molecule has 0 aromatic heterocycles. The van der Waals surface area contributed by atoms with E-state index in [4.69, 9.17) is 16.6 Å². The van der Waals surface area contributed by atoms with Crippen molar-refractivity contribution in [2.24, 2.45) is 27.6 Å². The van der Waals surface area contributed by atoms with Crippen LogP contribution in [0, 0.1) is 10.8 Å². The lowest BCUT2D eigenvalue weighted by atomic mass is 10.0. The number of aliphatic imine (C=N–C) groups is 1. The quantitative estimate of drug-likeness (QED) is 0.192. The number of rotatable bonds is 9. The topological polar surface area (TPSA) is 160 Å². The number of nitrogens with zero attached hydrogens (tertiary/aromatic N) is 2. The number of carboxylic acid groups (broad SMARTS) is 1. The third-order valence-corrected chi connectivity index (χ3v) is 2.57. The van der Waals surface area contributed by atoms with Gasteiger partial charge >= 0.3 is 5.97 Å². The van der Waals surface area contributed by atoms with Gasteiger partial charge in [-0.05, 0) is 18.8 Å². The van der Waals surface area contributed by atoms with Crippen LogP contribution in [0.1, 0.15) is 26.7 Å². The molecule has 0 bridgehead atoms. The van der Waals surface area contributed by atoms with E-state index in [0.29, 0.717) is 6.42 Å². The number of hydrogen-bond acceptors (Lipinski definition) is 5. The van der Waals surface area contributed by atoms with Crippen molar-refractivity contribution in [2.75, 3.05) is 6.54 Å². The summed E-state index contributed by atoms with van der Waals surface area (Å²) in [6.45, 7) is 3.57. The van der Waals surface area contributed by atoms with Crippen LogP contribution in [0.2, 0.25) is 0 Å². The highest BCUT2D eigenvalue weighted by molar-refractivity contribution is 5.87. The van der Waals surface area contributed by atoms with Gasteiger partial charge in [-0.1, -0.05) is 19.0 Å².